The number of aromatic hydroxyl groups is 1. The third-order valence-corrected chi connectivity index (χ3v) is 3.69. The van der Waals surface area contributed by atoms with Gasteiger partial charge in [-0.3, -0.25) is 0 Å². The van der Waals surface area contributed by atoms with Crippen LogP contribution in [0.2, 0.25) is 0 Å². The Labute approximate surface area is 107 Å². The summed E-state index contributed by atoms with van der Waals surface area (Å²) >= 11 is 6.70. The van der Waals surface area contributed by atoms with Crippen molar-refractivity contribution in [2.75, 3.05) is 0 Å². The molecule has 4 heteroatoms. The van der Waals surface area contributed by atoms with Crippen molar-refractivity contribution in [2.45, 2.75) is 26.8 Å². The Morgan fingerprint density at radius 2 is 1.67 bits per heavy atom. The zero-order valence-electron chi connectivity index (χ0n) is 9.01. The molecule has 2 nitrogen and oxygen atoms in total. The highest BCUT2D eigenvalue weighted by atomic mass is 79.9. The van der Waals surface area contributed by atoms with Gasteiger partial charge in [0, 0.05) is 16.1 Å². The van der Waals surface area contributed by atoms with E-state index in [1.165, 1.54) is 0 Å². The van der Waals surface area contributed by atoms with Crippen molar-refractivity contribution >= 4 is 31.9 Å². The van der Waals surface area contributed by atoms with Crippen molar-refractivity contribution in [3.05, 3.63) is 26.6 Å². The van der Waals surface area contributed by atoms with E-state index in [1.807, 2.05) is 26.8 Å². The molecular weight excluding hydrogens is 322 g/mol. The molecule has 0 amide bonds. The Morgan fingerprint density at radius 3 is 2.13 bits per heavy atom. The van der Waals surface area contributed by atoms with Crippen LogP contribution in [0.1, 0.15) is 32.4 Å². The molecule has 0 spiro atoms. The van der Waals surface area contributed by atoms with Crippen molar-refractivity contribution in [3.8, 4) is 5.75 Å². The molecule has 1 atom stereocenters. The van der Waals surface area contributed by atoms with Gasteiger partial charge in [0.1, 0.15) is 5.75 Å². The highest BCUT2D eigenvalue weighted by Crippen LogP contribution is 2.42. The maximum atomic E-state index is 9.96. The van der Waals surface area contributed by atoms with Crippen LogP contribution in [-0.4, -0.2) is 5.11 Å². The number of benzene rings is 1. The number of halogens is 2. The summed E-state index contributed by atoms with van der Waals surface area (Å²) in [6, 6.07) is 3.45. The fraction of sp³-hybridized carbons (Fsp3) is 0.455. The quantitative estimate of drug-likeness (QED) is 0.815. The molecule has 1 rings (SSSR count). The van der Waals surface area contributed by atoms with Crippen LogP contribution in [0, 0.1) is 5.41 Å². The molecule has 84 valence electrons. The zero-order chi connectivity index (χ0) is 11.8. The summed E-state index contributed by atoms with van der Waals surface area (Å²) in [5.74, 6) is 0.215. The predicted octanol–water partition coefficient (Wildman–Crippen LogP) is 3.96. The Morgan fingerprint density at radius 1 is 1.20 bits per heavy atom. The lowest BCUT2D eigenvalue weighted by molar-refractivity contribution is 0.316. The molecule has 0 bridgehead atoms. The van der Waals surface area contributed by atoms with Crippen LogP contribution in [0.5, 0.6) is 5.75 Å². The molecule has 0 saturated heterocycles. The highest BCUT2D eigenvalue weighted by molar-refractivity contribution is 9.11. The van der Waals surface area contributed by atoms with Gasteiger partial charge in [0.2, 0.25) is 0 Å². The van der Waals surface area contributed by atoms with Gasteiger partial charge in [-0.15, -0.1) is 0 Å². The first kappa shape index (κ1) is 13.0. The number of hydrogen-bond donors (Lipinski definition) is 2. The first-order chi connectivity index (χ1) is 6.75. The van der Waals surface area contributed by atoms with Crippen molar-refractivity contribution in [1.29, 1.82) is 0 Å². The molecule has 0 aliphatic rings. The summed E-state index contributed by atoms with van der Waals surface area (Å²) in [6.07, 6.45) is 0. The van der Waals surface area contributed by atoms with Crippen LogP contribution in [-0.2, 0) is 0 Å². The molecule has 1 aromatic rings. The summed E-state index contributed by atoms with van der Waals surface area (Å²) in [5.41, 5.74) is 6.78. The molecule has 0 radical (unpaired) electrons. The topological polar surface area (TPSA) is 46.2 Å². The second-order valence-corrected chi connectivity index (χ2v) is 6.34. The van der Waals surface area contributed by atoms with Crippen LogP contribution in [0.25, 0.3) is 0 Å². The third-order valence-electron chi connectivity index (χ3n) is 2.36. The first-order valence-electron chi connectivity index (χ1n) is 4.67. The first-order valence-corrected chi connectivity index (χ1v) is 6.26. The van der Waals surface area contributed by atoms with Gasteiger partial charge in [-0.1, -0.05) is 36.7 Å². The molecule has 15 heavy (non-hydrogen) atoms. The molecule has 0 aromatic heterocycles. The van der Waals surface area contributed by atoms with Crippen LogP contribution in [0.3, 0.4) is 0 Å². The lowest BCUT2D eigenvalue weighted by Crippen LogP contribution is -2.26. The summed E-state index contributed by atoms with van der Waals surface area (Å²) in [7, 11) is 0. The standard InChI is InChI=1S/C11H15Br2NO/c1-11(2,3)10(14)8-6(12)4-5-7(13)9(8)15/h4-5,10,15H,14H2,1-3H3/t10-/m0/s1. The monoisotopic (exact) mass is 335 g/mol. The van der Waals surface area contributed by atoms with Crippen LogP contribution in [0.15, 0.2) is 21.1 Å². The minimum absolute atomic E-state index is 0.0964. The number of rotatable bonds is 1. The smallest absolute Gasteiger partial charge is 0.135 e. The molecule has 3 N–H and O–H groups in total. The summed E-state index contributed by atoms with van der Waals surface area (Å²) in [5, 5.41) is 9.96. The van der Waals surface area contributed by atoms with Crippen LogP contribution in [0.4, 0.5) is 0 Å². The number of phenolic OH excluding ortho intramolecular Hbond substituents is 1. The van der Waals surface area contributed by atoms with E-state index in [0.717, 1.165) is 10.0 Å². The molecule has 0 heterocycles. The second-order valence-electron chi connectivity index (χ2n) is 4.64. The summed E-state index contributed by atoms with van der Waals surface area (Å²) in [6.45, 7) is 6.14. The van der Waals surface area contributed by atoms with E-state index in [2.05, 4.69) is 31.9 Å². The van der Waals surface area contributed by atoms with E-state index in [9.17, 15) is 5.11 Å². The Kier molecular flexibility index (Phi) is 3.85. The van der Waals surface area contributed by atoms with Gasteiger partial charge in [-0.25, -0.2) is 0 Å². The minimum atomic E-state index is -0.218. The molecular formula is C11H15Br2NO. The number of phenols is 1. The average Bonchev–Trinajstić information content (AvgIpc) is 2.10. The lowest BCUT2D eigenvalue weighted by atomic mass is 9.83. The molecule has 0 aliphatic carbocycles. The largest absolute Gasteiger partial charge is 0.506 e. The van der Waals surface area contributed by atoms with Gasteiger partial charge in [-0.2, -0.15) is 0 Å². The maximum Gasteiger partial charge on any atom is 0.135 e. The molecule has 0 saturated carbocycles. The SMILES string of the molecule is CC(C)(C)[C@@H](N)c1c(Br)ccc(Br)c1O. The third kappa shape index (κ3) is 2.74. The van der Waals surface area contributed by atoms with Crippen molar-refractivity contribution in [2.24, 2.45) is 11.1 Å². The molecule has 1 aromatic carbocycles. The predicted molar refractivity (Wildman–Crippen MR) is 69.9 cm³/mol. The van der Waals surface area contributed by atoms with Gasteiger partial charge < -0.3 is 10.8 Å². The van der Waals surface area contributed by atoms with E-state index >= 15 is 0 Å². The van der Waals surface area contributed by atoms with Crippen LogP contribution < -0.4 is 5.73 Å². The van der Waals surface area contributed by atoms with E-state index in [0.29, 0.717) is 4.47 Å². The van der Waals surface area contributed by atoms with Gasteiger partial charge in [0.15, 0.2) is 0 Å². The second kappa shape index (κ2) is 4.44. The van der Waals surface area contributed by atoms with E-state index < -0.39 is 0 Å². The van der Waals surface area contributed by atoms with E-state index in [1.54, 1.807) is 6.07 Å². The molecule has 0 aliphatic heterocycles. The Hall–Kier alpha value is -0.0600. The van der Waals surface area contributed by atoms with Crippen molar-refractivity contribution in [1.82, 2.24) is 0 Å². The highest BCUT2D eigenvalue weighted by Gasteiger charge is 2.27. The fourth-order valence-corrected chi connectivity index (χ4v) is 2.20. The van der Waals surface area contributed by atoms with E-state index in [4.69, 9.17) is 5.73 Å². The van der Waals surface area contributed by atoms with Crippen LogP contribution >= 0.6 is 31.9 Å². The van der Waals surface area contributed by atoms with Crippen molar-refractivity contribution < 1.29 is 5.11 Å². The molecule has 0 unspecified atom stereocenters. The summed E-state index contributed by atoms with van der Waals surface area (Å²) < 4.78 is 1.51. The van der Waals surface area contributed by atoms with Gasteiger partial charge >= 0.3 is 0 Å². The molecule has 0 fully saturated rings. The fourth-order valence-electron chi connectivity index (χ4n) is 1.29. The minimum Gasteiger partial charge on any atom is -0.506 e. The van der Waals surface area contributed by atoms with Gasteiger partial charge in [0.25, 0.3) is 0 Å². The number of nitrogens with two attached hydrogens (primary N) is 1. The maximum absolute atomic E-state index is 9.96. The average molecular weight is 337 g/mol. The van der Waals surface area contributed by atoms with Gasteiger partial charge in [-0.05, 0) is 33.5 Å². The zero-order valence-corrected chi connectivity index (χ0v) is 12.2. The summed E-state index contributed by atoms with van der Waals surface area (Å²) in [4.78, 5) is 0. The Balaban J connectivity index is 3.31. The van der Waals surface area contributed by atoms with Gasteiger partial charge in [0.05, 0.1) is 4.47 Å². The number of hydrogen-bond acceptors (Lipinski definition) is 2. The lowest BCUT2D eigenvalue weighted by Gasteiger charge is -2.29. The Bertz CT molecular complexity index is 372. The van der Waals surface area contributed by atoms with E-state index in [-0.39, 0.29) is 17.2 Å². The van der Waals surface area contributed by atoms with Crippen molar-refractivity contribution in [3.63, 3.8) is 0 Å². The normalized spacial score (nSPS) is 14.0.